The van der Waals surface area contributed by atoms with Crippen LogP contribution in [0.15, 0.2) is 23.1 Å². The predicted octanol–water partition coefficient (Wildman–Crippen LogP) is 2.20. The lowest BCUT2D eigenvalue weighted by Crippen LogP contribution is -2.15. The normalized spacial score (nSPS) is 13.9. The number of aromatic carboxylic acids is 1. The molecule has 3 N–H and O–H groups in total. The van der Waals surface area contributed by atoms with Crippen LogP contribution in [0.2, 0.25) is 0 Å². The minimum Gasteiger partial charge on any atom is -0.478 e. The quantitative estimate of drug-likeness (QED) is 0.733. The molecule has 1 aromatic carbocycles. The summed E-state index contributed by atoms with van der Waals surface area (Å²) in [6, 6.07) is 3.41. The van der Waals surface area contributed by atoms with Crippen molar-refractivity contribution in [1.82, 2.24) is 4.98 Å². The number of sulfone groups is 1. The summed E-state index contributed by atoms with van der Waals surface area (Å²) in [4.78, 5) is 38.8. The SMILES string of the molecule is Cc1c(C(=O)Nc2cc(C(=O)O)cc(S(C)(=O)=O)c2)[nH]c2c1C(=O)CCC2. The van der Waals surface area contributed by atoms with E-state index in [1.807, 2.05) is 0 Å². The highest BCUT2D eigenvalue weighted by Gasteiger charge is 2.26. The maximum absolute atomic E-state index is 12.7. The zero-order valence-electron chi connectivity index (χ0n) is 14.8. The van der Waals surface area contributed by atoms with E-state index in [1.54, 1.807) is 6.92 Å². The lowest BCUT2D eigenvalue weighted by molar-refractivity contribution is 0.0696. The van der Waals surface area contributed by atoms with Crippen molar-refractivity contribution in [3.05, 3.63) is 46.3 Å². The first-order valence-electron chi connectivity index (χ1n) is 8.22. The number of H-pyrrole nitrogens is 1. The fourth-order valence-corrected chi connectivity index (χ4v) is 3.89. The molecule has 0 atom stereocenters. The Balaban J connectivity index is 1.98. The van der Waals surface area contributed by atoms with Gasteiger partial charge in [0.2, 0.25) is 0 Å². The zero-order valence-corrected chi connectivity index (χ0v) is 15.6. The number of ketones is 1. The molecule has 0 saturated heterocycles. The summed E-state index contributed by atoms with van der Waals surface area (Å²) in [6.07, 6.45) is 2.77. The fourth-order valence-electron chi connectivity index (χ4n) is 3.20. The van der Waals surface area contributed by atoms with E-state index in [-0.39, 0.29) is 27.6 Å². The van der Waals surface area contributed by atoms with Gasteiger partial charge in [-0.1, -0.05) is 0 Å². The number of carboxylic acid groups (broad SMARTS) is 1. The second kappa shape index (κ2) is 6.66. The molecule has 0 bridgehead atoms. The average molecular weight is 390 g/mol. The molecule has 0 aliphatic heterocycles. The number of benzene rings is 1. The van der Waals surface area contributed by atoms with Crippen LogP contribution in [0.25, 0.3) is 0 Å². The van der Waals surface area contributed by atoms with E-state index >= 15 is 0 Å². The third kappa shape index (κ3) is 3.63. The molecule has 3 rings (SSSR count). The first-order chi connectivity index (χ1) is 12.6. The summed E-state index contributed by atoms with van der Waals surface area (Å²) in [5, 5.41) is 11.7. The van der Waals surface area contributed by atoms with Gasteiger partial charge >= 0.3 is 5.97 Å². The molecular weight excluding hydrogens is 372 g/mol. The fraction of sp³-hybridized carbons (Fsp3) is 0.278. The highest BCUT2D eigenvalue weighted by molar-refractivity contribution is 7.90. The molecule has 1 aliphatic carbocycles. The Kier molecular flexibility index (Phi) is 4.64. The summed E-state index contributed by atoms with van der Waals surface area (Å²) < 4.78 is 23.6. The van der Waals surface area contributed by atoms with Crippen LogP contribution in [0.1, 0.15) is 55.3 Å². The van der Waals surface area contributed by atoms with E-state index in [1.165, 1.54) is 12.1 Å². The molecule has 8 nitrogen and oxygen atoms in total. The molecule has 2 aromatic rings. The van der Waals surface area contributed by atoms with Crippen molar-refractivity contribution in [1.29, 1.82) is 0 Å². The molecule has 0 fully saturated rings. The summed E-state index contributed by atoms with van der Waals surface area (Å²) >= 11 is 0. The smallest absolute Gasteiger partial charge is 0.335 e. The van der Waals surface area contributed by atoms with Gasteiger partial charge in [0.1, 0.15) is 5.69 Å². The Morgan fingerprint density at radius 1 is 1.19 bits per heavy atom. The number of carbonyl (C=O) groups excluding carboxylic acids is 2. The van der Waals surface area contributed by atoms with Gasteiger partial charge in [-0.15, -0.1) is 0 Å². The molecule has 1 heterocycles. The van der Waals surface area contributed by atoms with Gasteiger partial charge in [0.25, 0.3) is 5.91 Å². The van der Waals surface area contributed by atoms with Gasteiger partial charge in [-0.05, 0) is 43.5 Å². The molecule has 142 valence electrons. The number of aromatic amines is 1. The molecule has 0 spiro atoms. The van der Waals surface area contributed by atoms with Crippen molar-refractivity contribution in [2.24, 2.45) is 0 Å². The van der Waals surface area contributed by atoms with E-state index in [0.29, 0.717) is 36.1 Å². The number of hydrogen-bond acceptors (Lipinski definition) is 5. The number of anilines is 1. The van der Waals surface area contributed by atoms with Crippen LogP contribution in [-0.2, 0) is 16.3 Å². The number of hydrogen-bond donors (Lipinski definition) is 3. The second-order valence-corrected chi connectivity index (χ2v) is 8.55. The summed E-state index contributed by atoms with van der Waals surface area (Å²) in [5.74, 6) is -1.90. The lowest BCUT2D eigenvalue weighted by atomic mass is 9.94. The summed E-state index contributed by atoms with van der Waals surface area (Å²) in [5.41, 5.74) is 1.76. The molecule has 1 aromatic heterocycles. The third-order valence-corrected chi connectivity index (χ3v) is 5.60. The number of carbonyl (C=O) groups is 3. The predicted molar refractivity (Wildman–Crippen MR) is 97.3 cm³/mol. The van der Waals surface area contributed by atoms with E-state index in [9.17, 15) is 27.9 Å². The van der Waals surface area contributed by atoms with Crippen LogP contribution in [0.3, 0.4) is 0 Å². The van der Waals surface area contributed by atoms with Gasteiger partial charge < -0.3 is 15.4 Å². The highest BCUT2D eigenvalue weighted by atomic mass is 32.2. The van der Waals surface area contributed by atoms with Gasteiger partial charge in [0, 0.05) is 29.6 Å². The second-order valence-electron chi connectivity index (χ2n) is 6.53. The van der Waals surface area contributed by atoms with Crippen LogP contribution >= 0.6 is 0 Å². The standard InChI is InChI=1S/C18H18N2O6S/c1-9-15-13(4-3-5-14(15)21)20-16(9)17(22)19-11-6-10(18(23)24)7-12(8-11)27(2,25)26/h6-8,20H,3-5H2,1-2H3,(H,19,22)(H,23,24). The minimum absolute atomic E-state index is 0.0173. The van der Waals surface area contributed by atoms with Crippen molar-refractivity contribution in [2.45, 2.75) is 31.1 Å². The first kappa shape index (κ1) is 18.8. The number of carboxylic acids is 1. The van der Waals surface area contributed by atoms with Crippen molar-refractivity contribution in [2.75, 3.05) is 11.6 Å². The van der Waals surface area contributed by atoms with Crippen LogP contribution in [0.4, 0.5) is 5.69 Å². The van der Waals surface area contributed by atoms with E-state index in [2.05, 4.69) is 10.3 Å². The summed E-state index contributed by atoms with van der Waals surface area (Å²) in [6.45, 7) is 1.67. The molecular formula is C18H18N2O6S. The van der Waals surface area contributed by atoms with Crippen LogP contribution in [-0.4, -0.2) is 42.4 Å². The lowest BCUT2D eigenvalue weighted by Gasteiger charge is -2.09. The van der Waals surface area contributed by atoms with Crippen LogP contribution in [0.5, 0.6) is 0 Å². The van der Waals surface area contributed by atoms with E-state index in [0.717, 1.165) is 12.3 Å². The van der Waals surface area contributed by atoms with Crippen molar-refractivity contribution in [3.63, 3.8) is 0 Å². The van der Waals surface area contributed by atoms with Gasteiger partial charge in [0.05, 0.1) is 10.5 Å². The topological polar surface area (TPSA) is 133 Å². The highest BCUT2D eigenvalue weighted by Crippen LogP contribution is 2.27. The Morgan fingerprint density at radius 2 is 1.89 bits per heavy atom. The average Bonchev–Trinajstić information content (AvgIpc) is 2.92. The largest absolute Gasteiger partial charge is 0.478 e. The third-order valence-electron chi connectivity index (χ3n) is 4.50. The zero-order chi connectivity index (χ0) is 19.9. The molecule has 27 heavy (non-hydrogen) atoms. The number of amides is 1. The number of rotatable bonds is 4. The molecule has 0 saturated carbocycles. The maximum atomic E-state index is 12.7. The number of Topliss-reactive ketones (excluding diaryl/α,β-unsaturated/α-hetero) is 1. The Morgan fingerprint density at radius 3 is 2.48 bits per heavy atom. The van der Waals surface area contributed by atoms with Gasteiger partial charge in [0.15, 0.2) is 15.6 Å². The van der Waals surface area contributed by atoms with Gasteiger partial charge in [-0.3, -0.25) is 9.59 Å². The van der Waals surface area contributed by atoms with Crippen molar-refractivity contribution in [3.8, 4) is 0 Å². The minimum atomic E-state index is -3.67. The molecule has 0 radical (unpaired) electrons. The van der Waals surface area contributed by atoms with Crippen LogP contribution in [0, 0.1) is 6.92 Å². The Labute approximate surface area is 155 Å². The number of nitrogens with one attached hydrogen (secondary N) is 2. The van der Waals surface area contributed by atoms with Gasteiger partial charge in [-0.2, -0.15) is 0 Å². The molecule has 1 aliphatic rings. The van der Waals surface area contributed by atoms with Crippen molar-refractivity contribution < 1.29 is 27.9 Å². The van der Waals surface area contributed by atoms with E-state index in [4.69, 9.17) is 0 Å². The molecule has 1 amide bonds. The Hall–Kier alpha value is -2.94. The maximum Gasteiger partial charge on any atom is 0.335 e. The number of aryl methyl sites for hydroxylation is 1. The van der Waals surface area contributed by atoms with Crippen molar-refractivity contribution >= 4 is 33.2 Å². The van der Waals surface area contributed by atoms with Crippen LogP contribution < -0.4 is 5.32 Å². The van der Waals surface area contributed by atoms with Gasteiger partial charge in [-0.25, -0.2) is 13.2 Å². The Bertz CT molecular complexity index is 1080. The number of fused-ring (bicyclic) bond motifs is 1. The molecule has 0 unspecified atom stereocenters. The van der Waals surface area contributed by atoms with E-state index < -0.39 is 21.7 Å². The first-order valence-corrected chi connectivity index (χ1v) is 10.1. The molecule has 9 heteroatoms. The number of aromatic nitrogens is 1. The monoisotopic (exact) mass is 390 g/mol. The summed E-state index contributed by atoms with van der Waals surface area (Å²) in [7, 11) is -3.67.